The highest BCUT2D eigenvalue weighted by molar-refractivity contribution is 9.10. The lowest BCUT2D eigenvalue weighted by molar-refractivity contribution is -0.0634. The monoisotopic (exact) mass is 371 g/mol. The summed E-state index contributed by atoms with van der Waals surface area (Å²) in [5.74, 6) is 0. The van der Waals surface area contributed by atoms with Crippen molar-refractivity contribution in [2.75, 3.05) is 7.05 Å². The van der Waals surface area contributed by atoms with Gasteiger partial charge in [-0.25, -0.2) is 4.18 Å². The molecule has 1 unspecified atom stereocenters. The van der Waals surface area contributed by atoms with Crippen LogP contribution in [-0.4, -0.2) is 25.9 Å². The summed E-state index contributed by atoms with van der Waals surface area (Å²) in [7, 11) is -4.24. The summed E-state index contributed by atoms with van der Waals surface area (Å²) in [5, 5.41) is 0. The van der Waals surface area contributed by atoms with Crippen LogP contribution >= 0.6 is 15.9 Å². The fraction of sp³-hybridized carbons (Fsp3) is 0.273. The lowest BCUT2D eigenvalue weighted by atomic mass is 10.0. The lowest BCUT2D eigenvalue weighted by Crippen LogP contribution is -2.33. The van der Waals surface area contributed by atoms with Gasteiger partial charge in [0.25, 0.3) is 0 Å². The molecule has 0 aromatic heterocycles. The van der Waals surface area contributed by atoms with Gasteiger partial charge in [0, 0.05) is 23.3 Å². The van der Waals surface area contributed by atoms with Crippen LogP contribution in [0.25, 0.3) is 6.08 Å². The van der Waals surface area contributed by atoms with E-state index < -0.39 is 21.9 Å². The first-order chi connectivity index (χ1) is 9.12. The number of hydrogen-bond donors (Lipinski definition) is 0. The number of fused-ring (bicyclic) bond motifs is 1. The Morgan fingerprint density at radius 1 is 1.35 bits per heavy atom. The number of hydrogen-bond acceptors (Lipinski definition) is 4. The molecule has 9 heteroatoms. The minimum atomic E-state index is -5.67. The van der Waals surface area contributed by atoms with Crippen molar-refractivity contribution in [3.63, 3.8) is 0 Å². The van der Waals surface area contributed by atoms with E-state index in [2.05, 4.69) is 20.1 Å². The number of halogens is 4. The predicted octanol–water partition coefficient (Wildman–Crippen LogP) is 3.23. The van der Waals surface area contributed by atoms with Crippen molar-refractivity contribution in [2.24, 2.45) is 0 Å². The molecule has 0 amide bonds. The van der Waals surface area contributed by atoms with Crippen molar-refractivity contribution >= 4 is 32.1 Å². The minimum absolute atomic E-state index is 0.339. The van der Waals surface area contributed by atoms with Crippen LogP contribution in [0.2, 0.25) is 0 Å². The first kappa shape index (κ1) is 15.3. The van der Waals surface area contributed by atoms with Gasteiger partial charge in [0.15, 0.2) is 6.23 Å². The SMILES string of the molecule is CN1C=Cc2cc(Br)ccc2C1OS(=O)(=O)C(F)(F)F. The molecular weight excluding hydrogens is 363 g/mol. The first-order valence-electron chi connectivity index (χ1n) is 5.31. The Morgan fingerprint density at radius 2 is 2.00 bits per heavy atom. The number of nitrogens with zero attached hydrogens (tertiary/aromatic N) is 1. The highest BCUT2D eigenvalue weighted by Crippen LogP contribution is 2.36. The highest BCUT2D eigenvalue weighted by Gasteiger charge is 2.49. The first-order valence-corrected chi connectivity index (χ1v) is 7.51. The van der Waals surface area contributed by atoms with Crippen LogP contribution in [0.3, 0.4) is 0 Å². The molecule has 0 radical (unpaired) electrons. The van der Waals surface area contributed by atoms with Gasteiger partial charge in [0.2, 0.25) is 0 Å². The predicted molar refractivity (Wildman–Crippen MR) is 69.7 cm³/mol. The smallest absolute Gasteiger partial charge is 0.351 e. The van der Waals surface area contributed by atoms with Crippen molar-refractivity contribution in [1.29, 1.82) is 0 Å². The molecule has 4 nitrogen and oxygen atoms in total. The Morgan fingerprint density at radius 3 is 2.60 bits per heavy atom. The zero-order valence-corrected chi connectivity index (χ0v) is 12.5. The minimum Gasteiger partial charge on any atom is -0.351 e. The number of benzene rings is 1. The molecule has 110 valence electrons. The second kappa shape index (κ2) is 5.05. The van der Waals surface area contributed by atoms with Crippen LogP contribution in [0.1, 0.15) is 17.4 Å². The van der Waals surface area contributed by atoms with E-state index in [9.17, 15) is 21.6 Å². The van der Waals surface area contributed by atoms with Crippen LogP contribution in [-0.2, 0) is 14.3 Å². The molecule has 1 atom stereocenters. The van der Waals surface area contributed by atoms with Gasteiger partial charge in [0.1, 0.15) is 0 Å². The van der Waals surface area contributed by atoms with E-state index in [-0.39, 0.29) is 0 Å². The van der Waals surface area contributed by atoms with Gasteiger partial charge in [-0.15, -0.1) is 0 Å². The van der Waals surface area contributed by atoms with Crippen molar-refractivity contribution in [3.8, 4) is 0 Å². The standard InChI is InChI=1S/C11H9BrF3NO3S/c1-16-5-4-7-6-8(12)2-3-9(7)10(16)19-20(17,18)11(13,14)15/h2-6,10H,1H3. The van der Waals surface area contributed by atoms with Gasteiger partial charge >= 0.3 is 15.6 Å². The van der Waals surface area contributed by atoms with E-state index in [4.69, 9.17) is 0 Å². The third-order valence-corrected chi connectivity index (χ3v) is 4.17. The van der Waals surface area contributed by atoms with Gasteiger partial charge in [-0.1, -0.05) is 22.0 Å². The fourth-order valence-electron chi connectivity index (χ4n) is 1.70. The average Bonchev–Trinajstić information content (AvgIpc) is 2.31. The van der Waals surface area contributed by atoms with E-state index >= 15 is 0 Å². The molecule has 20 heavy (non-hydrogen) atoms. The molecule has 2 rings (SSSR count). The molecular formula is C11H9BrF3NO3S. The van der Waals surface area contributed by atoms with Crippen LogP contribution < -0.4 is 0 Å². The van der Waals surface area contributed by atoms with Gasteiger partial charge in [-0.2, -0.15) is 21.6 Å². The van der Waals surface area contributed by atoms with Crippen molar-refractivity contribution < 1.29 is 25.8 Å². The Hall–Kier alpha value is -1.06. The van der Waals surface area contributed by atoms with E-state index in [0.29, 0.717) is 11.1 Å². The van der Waals surface area contributed by atoms with Gasteiger partial charge in [-0.05, 0) is 23.8 Å². The molecule has 0 fully saturated rings. The third kappa shape index (κ3) is 2.84. The highest BCUT2D eigenvalue weighted by atomic mass is 79.9. The summed E-state index contributed by atoms with van der Waals surface area (Å²) in [5.41, 5.74) is -4.53. The maximum atomic E-state index is 12.4. The van der Waals surface area contributed by atoms with Crippen LogP contribution in [0.4, 0.5) is 13.2 Å². The second-order valence-electron chi connectivity index (χ2n) is 4.10. The molecule has 0 bridgehead atoms. The van der Waals surface area contributed by atoms with Crippen LogP contribution in [0.5, 0.6) is 0 Å². The number of alkyl halides is 3. The summed E-state index contributed by atoms with van der Waals surface area (Å²) in [4.78, 5) is 1.25. The molecule has 1 aliphatic rings. The molecule has 0 saturated carbocycles. The van der Waals surface area contributed by atoms with E-state index in [1.807, 2.05) is 0 Å². The summed E-state index contributed by atoms with van der Waals surface area (Å²) in [6, 6.07) is 4.77. The summed E-state index contributed by atoms with van der Waals surface area (Å²) in [6.07, 6.45) is 1.75. The van der Waals surface area contributed by atoms with E-state index in [1.165, 1.54) is 24.2 Å². The van der Waals surface area contributed by atoms with Gasteiger partial charge in [-0.3, -0.25) is 0 Å². The second-order valence-corrected chi connectivity index (χ2v) is 6.58. The molecule has 0 saturated heterocycles. The fourth-order valence-corrected chi connectivity index (χ4v) is 2.67. The quantitative estimate of drug-likeness (QED) is 0.591. The van der Waals surface area contributed by atoms with Gasteiger partial charge < -0.3 is 4.90 Å². The van der Waals surface area contributed by atoms with Crippen molar-refractivity contribution in [3.05, 3.63) is 40.0 Å². The van der Waals surface area contributed by atoms with Crippen LogP contribution in [0.15, 0.2) is 28.9 Å². The Kier molecular flexibility index (Phi) is 3.87. The van der Waals surface area contributed by atoms with Crippen molar-refractivity contribution in [2.45, 2.75) is 11.7 Å². The summed E-state index contributed by atoms with van der Waals surface area (Å²) < 4.78 is 64.5. The largest absolute Gasteiger partial charge is 0.523 e. The van der Waals surface area contributed by atoms with Crippen molar-refractivity contribution in [1.82, 2.24) is 4.90 Å². The normalized spacial score (nSPS) is 19.1. The Bertz CT molecular complexity index is 657. The molecule has 1 aromatic carbocycles. The molecule has 1 aliphatic heterocycles. The van der Waals surface area contributed by atoms with E-state index in [0.717, 1.165) is 4.47 Å². The topological polar surface area (TPSA) is 46.6 Å². The molecule has 0 N–H and O–H groups in total. The zero-order valence-electron chi connectivity index (χ0n) is 10.1. The summed E-state index contributed by atoms with van der Waals surface area (Å²) >= 11 is 3.23. The lowest BCUT2D eigenvalue weighted by Gasteiger charge is -2.31. The molecule has 0 spiro atoms. The van der Waals surface area contributed by atoms with E-state index in [1.54, 1.807) is 18.2 Å². The summed E-state index contributed by atoms with van der Waals surface area (Å²) in [6.45, 7) is 0. The molecule has 1 aromatic rings. The maximum absolute atomic E-state index is 12.4. The van der Waals surface area contributed by atoms with Crippen LogP contribution in [0, 0.1) is 0 Å². The third-order valence-electron chi connectivity index (χ3n) is 2.68. The average molecular weight is 372 g/mol. The maximum Gasteiger partial charge on any atom is 0.523 e. The zero-order chi connectivity index (χ0) is 15.1. The Labute approximate surface area is 122 Å². The van der Waals surface area contributed by atoms with Gasteiger partial charge in [0.05, 0.1) is 0 Å². The Balaban J connectivity index is 2.41. The molecule has 1 heterocycles. The number of rotatable bonds is 2. The molecule has 0 aliphatic carbocycles.